The van der Waals surface area contributed by atoms with Crippen LogP contribution in [0.5, 0.6) is 5.75 Å². The van der Waals surface area contributed by atoms with E-state index in [4.69, 9.17) is 32.7 Å². The molecule has 1 aromatic carbocycles. The van der Waals surface area contributed by atoms with Gasteiger partial charge in [0.25, 0.3) is 5.91 Å². The highest BCUT2D eigenvalue weighted by molar-refractivity contribution is 6.37. The van der Waals surface area contributed by atoms with E-state index < -0.39 is 0 Å². The Bertz CT molecular complexity index is 626. The van der Waals surface area contributed by atoms with Crippen molar-refractivity contribution in [3.63, 3.8) is 0 Å². The maximum atomic E-state index is 11.8. The van der Waals surface area contributed by atoms with E-state index in [9.17, 15) is 4.79 Å². The fourth-order valence-electron chi connectivity index (χ4n) is 1.66. The number of halogens is 2. The Morgan fingerprint density at radius 3 is 2.73 bits per heavy atom. The summed E-state index contributed by atoms with van der Waals surface area (Å²) in [6, 6.07) is 6.69. The number of nitrogens with one attached hydrogen (secondary N) is 1. The smallest absolute Gasteiger partial charge is 0.271 e. The van der Waals surface area contributed by atoms with Gasteiger partial charge in [-0.1, -0.05) is 29.3 Å². The summed E-state index contributed by atoms with van der Waals surface area (Å²) in [5, 5.41) is 7.63. The molecule has 1 aromatic heterocycles. The second-order valence-corrected chi connectivity index (χ2v) is 5.13. The third-order valence-corrected chi connectivity index (χ3v) is 3.32. The summed E-state index contributed by atoms with van der Waals surface area (Å²) in [7, 11) is 1.57. The topological polar surface area (TPSA) is 65.4 Å². The van der Waals surface area contributed by atoms with Gasteiger partial charge in [0.05, 0.1) is 16.7 Å². The third kappa shape index (κ3) is 4.37. The number of ether oxygens (including phenoxy) is 2. The Hall–Kier alpha value is -1.76. The Morgan fingerprint density at radius 1 is 1.32 bits per heavy atom. The van der Waals surface area contributed by atoms with Crippen molar-refractivity contribution in [2.24, 2.45) is 0 Å². The second kappa shape index (κ2) is 8.03. The number of para-hydroxylation sites is 1. The quantitative estimate of drug-likeness (QED) is 0.784. The molecule has 0 aliphatic rings. The number of nitrogens with zero attached hydrogens (tertiary/aromatic N) is 2. The van der Waals surface area contributed by atoms with Gasteiger partial charge in [0.2, 0.25) is 0 Å². The lowest BCUT2D eigenvalue weighted by Gasteiger charge is -2.09. The first-order valence-corrected chi connectivity index (χ1v) is 7.25. The molecule has 0 spiro atoms. The van der Waals surface area contributed by atoms with Crippen LogP contribution in [0.25, 0.3) is 0 Å². The minimum absolute atomic E-state index is 0.0921. The molecule has 8 heteroatoms. The molecule has 0 fully saturated rings. The average Bonchev–Trinajstić information content (AvgIpc) is 2.96. The van der Waals surface area contributed by atoms with Crippen molar-refractivity contribution in [2.75, 3.05) is 20.3 Å². The van der Waals surface area contributed by atoms with Gasteiger partial charge in [0.1, 0.15) is 5.69 Å². The van der Waals surface area contributed by atoms with Crippen molar-refractivity contribution < 1.29 is 14.3 Å². The fraction of sp³-hybridized carbons (Fsp3) is 0.286. The lowest BCUT2D eigenvalue weighted by Crippen LogP contribution is -2.27. The number of amides is 1. The minimum atomic E-state index is -0.272. The summed E-state index contributed by atoms with van der Waals surface area (Å²) in [6.07, 6.45) is 1.63. The van der Waals surface area contributed by atoms with Crippen LogP contribution in [0, 0.1) is 0 Å². The maximum Gasteiger partial charge on any atom is 0.271 e. The van der Waals surface area contributed by atoms with E-state index in [-0.39, 0.29) is 12.6 Å². The van der Waals surface area contributed by atoms with Crippen molar-refractivity contribution in [2.45, 2.75) is 6.73 Å². The Morgan fingerprint density at radius 2 is 2.05 bits per heavy atom. The summed E-state index contributed by atoms with van der Waals surface area (Å²) >= 11 is 12.0. The Kier molecular flexibility index (Phi) is 6.06. The largest absolute Gasteiger partial charge is 0.468 e. The van der Waals surface area contributed by atoms with Crippen LogP contribution in [0.15, 0.2) is 30.5 Å². The van der Waals surface area contributed by atoms with Crippen LogP contribution in [0.2, 0.25) is 10.0 Å². The Labute approximate surface area is 137 Å². The number of hydrogen-bond acceptors (Lipinski definition) is 4. The van der Waals surface area contributed by atoms with E-state index >= 15 is 0 Å². The molecular weight excluding hydrogens is 329 g/mol. The molecule has 1 N–H and O–H groups in total. The molecule has 0 saturated carbocycles. The van der Waals surface area contributed by atoms with Gasteiger partial charge < -0.3 is 14.8 Å². The van der Waals surface area contributed by atoms with Crippen molar-refractivity contribution in [3.05, 3.63) is 46.2 Å². The zero-order chi connectivity index (χ0) is 15.9. The molecule has 22 heavy (non-hydrogen) atoms. The number of benzene rings is 1. The maximum absolute atomic E-state index is 11.8. The van der Waals surface area contributed by atoms with Crippen LogP contribution in [-0.4, -0.2) is 35.9 Å². The normalized spacial score (nSPS) is 10.5. The molecule has 0 aliphatic carbocycles. The molecule has 0 bridgehead atoms. The van der Waals surface area contributed by atoms with Crippen LogP contribution in [0.4, 0.5) is 0 Å². The average molecular weight is 344 g/mol. The van der Waals surface area contributed by atoms with Gasteiger partial charge in [0, 0.05) is 19.9 Å². The Balaban J connectivity index is 1.93. The van der Waals surface area contributed by atoms with E-state index in [1.165, 1.54) is 4.68 Å². The molecule has 0 aliphatic heterocycles. The van der Waals surface area contributed by atoms with Gasteiger partial charge in [-0.2, -0.15) is 5.10 Å². The molecule has 2 rings (SSSR count). The zero-order valence-electron chi connectivity index (χ0n) is 11.9. The number of rotatable bonds is 7. The first-order chi connectivity index (χ1) is 10.6. The van der Waals surface area contributed by atoms with Crippen LogP contribution in [-0.2, 0) is 11.5 Å². The molecule has 118 valence electrons. The standard InChI is InChI=1S/C14H15Cl2N3O3/c1-21-8-6-17-14(20)12-5-7-19(18-12)9-22-13-10(15)3-2-4-11(13)16/h2-5,7H,6,8-9H2,1H3,(H,17,20). The molecular formula is C14H15Cl2N3O3. The number of carbonyl (C=O) groups is 1. The summed E-state index contributed by atoms with van der Waals surface area (Å²) in [6.45, 7) is 0.962. The highest BCUT2D eigenvalue weighted by atomic mass is 35.5. The van der Waals surface area contributed by atoms with Gasteiger partial charge in [-0.05, 0) is 18.2 Å². The van der Waals surface area contributed by atoms with Crippen LogP contribution in [0.3, 0.4) is 0 Å². The van der Waals surface area contributed by atoms with E-state index in [2.05, 4.69) is 10.4 Å². The van der Waals surface area contributed by atoms with Crippen LogP contribution >= 0.6 is 23.2 Å². The van der Waals surface area contributed by atoms with E-state index in [1.54, 1.807) is 37.6 Å². The predicted octanol–water partition coefficient (Wildman–Crippen LogP) is 2.60. The van der Waals surface area contributed by atoms with Gasteiger partial charge in [-0.25, -0.2) is 4.68 Å². The molecule has 0 saturated heterocycles. The van der Waals surface area contributed by atoms with Gasteiger partial charge in [-0.3, -0.25) is 4.79 Å². The highest BCUT2D eigenvalue weighted by Gasteiger charge is 2.10. The lowest BCUT2D eigenvalue weighted by molar-refractivity contribution is 0.0930. The molecule has 1 heterocycles. The molecule has 6 nitrogen and oxygen atoms in total. The number of carbonyl (C=O) groups excluding carboxylic acids is 1. The summed E-state index contributed by atoms with van der Waals surface area (Å²) in [4.78, 5) is 11.8. The lowest BCUT2D eigenvalue weighted by atomic mass is 10.3. The fourth-order valence-corrected chi connectivity index (χ4v) is 2.17. The third-order valence-electron chi connectivity index (χ3n) is 2.73. The van der Waals surface area contributed by atoms with E-state index in [0.29, 0.717) is 34.6 Å². The van der Waals surface area contributed by atoms with Crippen molar-refractivity contribution in [1.82, 2.24) is 15.1 Å². The molecule has 1 amide bonds. The number of aromatic nitrogens is 2. The van der Waals surface area contributed by atoms with Crippen molar-refractivity contribution >= 4 is 29.1 Å². The number of hydrogen-bond donors (Lipinski definition) is 1. The van der Waals surface area contributed by atoms with Crippen LogP contribution in [0.1, 0.15) is 10.5 Å². The van der Waals surface area contributed by atoms with Crippen LogP contribution < -0.4 is 10.1 Å². The SMILES string of the molecule is COCCNC(=O)c1ccn(COc2c(Cl)cccc2Cl)n1. The van der Waals surface area contributed by atoms with E-state index in [1.807, 2.05) is 0 Å². The van der Waals surface area contributed by atoms with Gasteiger partial charge >= 0.3 is 0 Å². The molecule has 0 unspecified atom stereocenters. The zero-order valence-corrected chi connectivity index (χ0v) is 13.4. The van der Waals surface area contributed by atoms with Gasteiger partial charge in [-0.15, -0.1) is 0 Å². The predicted molar refractivity (Wildman–Crippen MR) is 83.5 cm³/mol. The van der Waals surface area contributed by atoms with Crippen molar-refractivity contribution in [3.8, 4) is 5.75 Å². The monoisotopic (exact) mass is 343 g/mol. The van der Waals surface area contributed by atoms with Gasteiger partial charge in [0.15, 0.2) is 12.5 Å². The van der Waals surface area contributed by atoms with E-state index in [0.717, 1.165) is 0 Å². The minimum Gasteiger partial charge on any atom is -0.468 e. The summed E-state index contributed by atoms with van der Waals surface area (Å²) < 4.78 is 11.9. The van der Waals surface area contributed by atoms with Crippen molar-refractivity contribution in [1.29, 1.82) is 0 Å². The summed E-state index contributed by atoms with van der Waals surface area (Å²) in [5.41, 5.74) is 0.296. The first-order valence-electron chi connectivity index (χ1n) is 6.49. The summed E-state index contributed by atoms with van der Waals surface area (Å²) in [5.74, 6) is 0.110. The molecule has 0 atom stereocenters. The number of methoxy groups -OCH3 is 1. The highest BCUT2D eigenvalue weighted by Crippen LogP contribution is 2.32. The first kappa shape index (κ1) is 16.6. The molecule has 0 radical (unpaired) electrons. The molecule has 2 aromatic rings. The second-order valence-electron chi connectivity index (χ2n) is 4.31.